The van der Waals surface area contributed by atoms with E-state index in [0.717, 1.165) is 0 Å². The molecule has 1 aromatic carbocycles. The maximum absolute atomic E-state index is 11.5. The summed E-state index contributed by atoms with van der Waals surface area (Å²) in [6, 6.07) is 8.52. The van der Waals surface area contributed by atoms with Crippen LogP contribution in [0.5, 0.6) is 0 Å². The lowest BCUT2D eigenvalue weighted by atomic mass is 10.0. The minimum atomic E-state index is 0.0647. The van der Waals surface area contributed by atoms with Crippen molar-refractivity contribution < 1.29 is 4.79 Å². The van der Waals surface area contributed by atoms with Gasteiger partial charge < -0.3 is 0 Å². The number of hydrogen-bond acceptors (Lipinski definition) is 2. The second kappa shape index (κ2) is 6.09. The largest absolute Gasteiger partial charge is 0.298 e. The molecule has 1 unspecified atom stereocenters. The average Bonchev–Trinajstić information content (AvgIpc) is 2.28. The molecule has 0 heterocycles. The molecule has 1 rings (SSSR count). The standard InChI is InChI=1S/C14H20OS/c1-5-14(15)11(4)16-13-8-6-12(7-9-13)10(2)3/h6-11H,5H2,1-4H3. The summed E-state index contributed by atoms with van der Waals surface area (Å²) in [4.78, 5) is 12.6. The van der Waals surface area contributed by atoms with E-state index in [-0.39, 0.29) is 5.25 Å². The summed E-state index contributed by atoms with van der Waals surface area (Å²) in [6.45, 7) is 8.27. The van der Waals surface area contributed by atoms with E-state index >= 15 is 0 Å². The molecule has 0 saturated carbocycles. The Bertz CT molecular complexity index is 340. The maximum Gasteiger partial charge on any atom is 0.145 e. The predicted octanol–water partition coefficient (Wildman–Crippen LogP) is 4.27. The molecular formula is C14H20OS. The Kier molecular flexibility index (Phi) is 5.07. The Hall–Kier alpha value is -0.760. The topological polar surface area (TPSA) is 17.1 Å². The van der Waals surface area contributed by atoms with Gasteiger partial charge in [0.1, 0.15) is 5.78 Å². The lowest BCUT2D eigenvalue weighted by molar-refractivity contribution is -0.117. The minimum absolute atomic E-state index is 0.0647. The molecule has 2 heteroatoms. The Balaban J connectivity index is 2.65. The minimum Gasteiger partial charge on any atom is -0.298 e. The van der Waals surface area contributed by atoms with Crippen LogP contribution in [-0.4, -0.2) is 11.0 Å². The first-order valence-corrected chi connectivity index (χ1v) is 6.72. The number of ketones is 1. The van der Waals surface area contributed by atoms with E-state index in [9.17, 15) is 4.79 Å². The van der Waals surface area contributed by atoms with Crippen LogP contribution in [0.1, 0.15) is 45.6 Å². The first kappa shape index (κ1) is 13.3. The third kappa shape index (κ3) is 3.67. The van der Waals surface area contributed by atoms with Crippen LogP contribution < -0.4 is 0 Å². The van der Waals surface area contributed by atoms with Crippen molar-refractivity contribution in [1.82, 2.24) is 0 Å². The van der Waals surface area contributed by atoms with Gasteiger partial charge in [-0.05, 0) is 30.5 Å². The molecule has 0 fully saturated rings. The van der Waals surface area contributed by atoms with Gasteiger partial charge in [0.05, 0.1) is 5.25 Å². The van der Waals surface area contributed by atoms with Gasteiger partial charge >= 0.3 is 0 Å². The van der Waals surface area contributed by atoms with Gasteiger partial charge in [-0.1, -0.05) is 32.9 Å². The SMILES string of the molecule is CCC(=O)C(C)Sc1ccc(C(C)C)cc1. The fourth-order valence-electron chi connectivity index (χ4n) is 1.49. The van der Waals surface area contributed by atoms with E-state index in [1.165, 1.54) is 10.5 Å². The Labute approximate surface area is 103 Å². The predicted molar refractivity (Wildman–Crippen MR) is 71.1 cm³/mol. The molecule has 0 saturated heterocycles. The Morgan fingerprint density at radius 2 is 1.75 bits per heavy atom. The maximum atomic E-state index is 11.5. The van der Waals surface area contributed by atoms with Crippen molar-refractivity contribution in [2.45, 2.75) is 50.2 Å². The first-order chi connectivity index (χ1) is 7.54. The van der Waals surface area contributed by atoms with Gasteiger partial charge in [-0.15, -0.1) is 11.8 Å². The molecule has 1 nitrogen and oxygen atoms in total. The molecule has 0 aliphatic carbocycles. The smallest absolute Gasteiger partial charge is 0.145 e. The number of carbonyl (C=O) groups is 1. The summed E-state index contributed by atoms with van der Waals surface area (Å²) < 4.78 is 0. The zero-order chi connectivity index (χ0) is 12.1. The van der Waals surface area contributed by atoms with Crippen molar-refractivity contribution in [2.24, 2.45) is 0 Å². The lowest BCUT2D eigenvalue weighted by Gasteiger charge is -2.10. The summed E-state index contributed by atoms with van der Waals surface area (Å²) in [7, 11) is 0. The van der Waals surface area contributed by atoms with Crippen LogP contribution in [0, 0.1) is 0 Å². The number of thioether (sulfide) groups is 1. The van der Waals surface area contributed by atoms with Crippen LogP contribution in [0.3, 0.4) is 0 Å². The van der Waals surface area contributed by atoms with Gasteiger partial charge in [0.15, 0.2) is 0 Å². The highest BCUT2D eigenvalue weighted by molar-refractivity contribution is 8.00. The van der Waals surface area contributed by atoms with Crippen LogP contribution in [0.4, 0.5) is 0 Å². The van der Waals surface area contributed by atoms with Crippen molar-refractivity contribution in [3.63, 3.8) is 0 Å². The lowest BCUT2D eigenvalue weighted by Crippen LogP contribution is -2.11. The number of carbonyl (C=O) groups excluding carboxylic acids is 1. The van der Waals surface area contributed by atoms with Gasteiger partial charge in [0, 0.05) is 11.3 Å². The van der Waals surface area contributed by atoms with Crippen molar-refractivity contribution in [3.05, 3.63) is 29.8 Å². The summed E-state index contributed by atoms with van der Waals surface area (Å²) in [6.07, 6.45) is 0.623. The van der Waals surface area contributed by atoms with E-state index < -0.39 is 0 Å². The zero-order valence-electron chi connectivity index (χ0n) is 10.5. The second-order valence-electron chi connectivity index (χ2n) is 4.30. The van der Waals surface area contributed by atoms with Crippen molar-refractivity contribution >= 4 is 17.5 Å². The summed E-state index contributed by atoms with van der Waals surface area (Å²) in [5, 5.41) is 0.0647. The van der Waals surface area contributed by atoms with E-state index in [4.69, 9.17) is 0 Å². The average molecular weight is 236 g/mol. The highest BCUT2D eigenvalue weighted by atomic mass is 32.2. The Morgan fingerprint density at radius 3 is 2.19 bits per heavy atom. The van der Waals surface area contributed by atoms with Gasteiger partial charge in [0.2, 0.25) is 0 Å². The van der Waals surface area contributed by atoms with Crippen molar-refractivity contribution in [2.75, 3.05) is 0 Å². The highest BCUT2D eigenvalue weighted by Gasteiger charge is 2.11. The van der Waals surface area contributed by atoms with Gasteiger partial charge in [-0.2, -0.15) is 0 Å². The summed E-state index contributed by atoms with van der Waals surface area (Å²) in [5.41, 5.74) is 1.35. The molecule has 1 atom stereocenters. The van der Waals surface area contributed by atoms with Crippen LogP contribution in [-0.2, 0) is 4.79 Å². The van der Waals surface area contributed by atoms with E-state index in [2.05, 4.69) is 38.1 Å². The second-order valence-corrected chi connectivity index (χ2v) is 5.72. The molecule has 0 radical (unpaired) electrons. The fourth-order valence-corrected chi connectivity index (χ4v) is 2.49. The third-order valence-electron chi connectivity index (χ3n) is 2.66. The zero-order valence-corrected chi connectivity index (χ0v) is 11.3. The van der Waals surface area contributed by atoms with E-state index in [1.54, 1.807) is 11.8 Å². The molecule has 0 aliphatic heterocycles. The van der Waals surface area contributed by atoms with Crippen LogP contribution >= 0.6 is 11.8 Å². The van der Waals surface area contributed by atoms with Gasteiger partial charge in [0.25, 0.3) is 0 Å². The highest BCUT2D eigenvalue weighted by Crippen LogP contribution is 2.26. The third-order valence-corrected chi connectivity index (χ3v) is 3.82. The Morgan fingerprint density at radius 1 is 1.19 bits per heavy atom. The quantitative estimate of drug-likeness (QED) is 0.710. The normalized spacial score (nSPS) is 12.8. The molecule has 1 aromatic rings. The van der Waals surface area contributed by atoms with Crippen LogP contribution in [0.25, 0.3) is 0 Å². The molecular weight excluding hydrogens is 216 g/mol. The fraction of sp³-hybridized carbons (Fsp3) is 0.500. The van der Waals surface area contributed by atoms with Gasteiger partial charge in [-0.3, -0.25) is 4.79 Å². The summed E-state index contributed by atoms with van der Waals surface area (Å²) in [5.74, 6) is 0.881. The van der Waals surface area contributed by atoms with E-state index in [0.29, 0.717) is 18.1 Å². The number of benzene rings is 1. The van der Waals surface area contributed by atoms with Crippen LogP contribution in [0.15, 0.2) is 29.2 Å². The van der Waals surface area contributed by atoms with Gasteiger partial charge in [-0.25, -0.2) is 0 Å². The molecule has 0 amide bonds. The molecule has 0 bridgehead atoms. The van der Waals surface area contributed by atoms with E-state index in [1.807, 2.05) is 13.8 Å². The van der Waals surface area contributed by atoms with Crippen molar-refractivity contribution in [1.29, 1.82) is 0 Å². The number of Topliss-reactive ketones (excluding diaryl/α,β-unsaturated/α-hetero) is 1. The molecule has 0 aromatic heterocycles. The molecule has 16 heavy (non-hydrogen) atoms. The molecule has 0 spiro atoms. The molecule has 88 valence electrons. The first-order valence-electron chi connectivity index (χ1n) is 5.84. The molecule has 0 N–H and O–H groups in total. The van der Waals surface area contributed by atoms with Crippen molar-refractivity contribution in [3.8, 4) is 0 Å². The summed E-state index contributed by atoms with van der Waals surface area (Å²) >= 11 is 1.65. The number of hydrogen-bond donors (Lipinski definition) is 0. The molecule has 0 aliphatic rings. The number of rotatable bonds is 5. The van der Waals surface area contributed by atoms with Crippen LogP contribution in [0.2, 0.25) is 0 Å². The monoisotopic (exact) mass is 236 g/mol.